The molecule has 0 spiro atoms. The molecule has 102 valence electrons. The highest BCUT2D eigenvalue weighted by Crippen LogP contribution is 2.22. The monoisotopic (exact) mass is 254 g/mol. The maximum atomic E-state index is 10.8. The van der Waals surface area contributed by atoms with Gasteiger partial charge in [0.25, 0.3) is 0 Å². The van der Waals surface area contributed by atoms with Crippen LogP contribution in [0.2, 0.25) is 0 Å². The van der Waals surface area contributed by atoms with Crippen LogP contribution in [0.3, 0.4) is 0 Å². The molecule has 0 saturated carbocycles. The molecule has 0 bridgehead atoms. The lowest BCUT2D eigenvalue weighted by Crippen LogP contribution is -2.21. The topological polar surface area (TPSA) is 44.8 Å². The van der Waals surface area contributed by atoms with Gasteiger partial charge in [0.15, 0.2) is 0 Å². The van der Waals surface area contributed by atoms with Gasteiger partial charge in [-0.25, -0.2) is 0 Å². The van der Waals surface area contributed by atoms with E-state index in [0.29, 0.717) is 19.6 Å². The minimum atomic E-state index is 0.0257. The zero-order chi connectivity index (χ0) is 13.4. The predicted octanol–water partition coefficient (Wildman–Crippen LogP) is 2.25. The first-order valence-electron chi connectivity index (χ1n) is 6.21. The molecular weight excluding hydrogens is 232 g/mol. The fraction of sp³-hybridized carbons (Fsp3) is 0.643. The maximum absolute atomic E-state index is 10.8. The molecular formula is C14H22O4. The van der Waals surface area contributed by atoms with E-state index < -0.39 is 0 Å². The molecule has 18 heavy (non-hydrogen) atoms. The first kappa shape index (κ1) is 14.9. The molecule has 1 unspecified atom stereocenters. The smallest absolute Gasteiger partial charge is 0.129 e. The van der Waals surface area contributed by atoms with Crippen LogP contribution in [-0.4, -0.2) is 39.3 Å². The summed E-state index contributed by atoms with van der Waals surface area (Å²) in [5.74, 6) is 1.11. The third-order valence-corrected chi connectivity index (χ3v) is 2.84. The zero-order valence-corrected chi connectivity index (χ0v) is 11.4. The van der Waals surface area contributed by atoms with Gasteiger partial charge in [-0.3, -0.25) is 0 Å². The minimum Gasteiger partial charge on any atom is -0.498 e. The Morgan fingerprint density at radius 1 is 1.39 bits per heavy atom. The van der Waals surface area contributed by atoms with E-state index in [-0.39, 0.29) is 11.9 Å². The predicted molar refractivity (Wildman–Crippen MR) is 69.3 cm³/mol. The van der Waals surface area contributed by atoms with Crippen molar-refractivity contribution in [2.75, 3.05) is 27.4 Å². The average molecular weight is 254 g/mol. The number of methoxy groups -OCH3 is 2. The summed E-state index contributed by atoms with van der Waals surface area (Å²) in [6.45, 7) is 2.75. The molecule has 0 aliphatic heterocycles. The zero-order valence-electron chi connectivity index (χ0n) is 11.4. The first-order valence-corrected chi connectivity index (χ1v) is 6.21. The van der Waals surface area contributed by atoms with Crippen molar-refractivity contribution in [1.29, 1.82) is 0 Å². The second-order valence-corrected chi connectivity index (χ2v) is 4.39. The third-order valence-electron chi connectivity index (χ3n) is 2.84. The van der Waals surface area contributed by atoms with Gasteiger partial charge in [-0.1, -0.05) is 6.08 Å². The Hall–Kier alpha value is -1.13. The Balaban J connectivity index is 2.40. The fourth-order valence-corrected chi connectivity index (χ4v) is 1.86. The Labute approximate surface area is 109 Å². The first-order chi connectivity index (χ1) is 8.67. The van der Waals surface area contributed by atoms with Crippen LogP contribution >= 0.6 is 0 Å². The van der Waals surface area contributed by atoms with Crippen molar-refractivity contribution in [2.45, 2.75) is 32.3 Å². The lowest BCUT2D eigenvalue weighted by molar-refractivity contribution is -0.117. The van der Waals surface area contributed by atoms with Crippen LogP contribution < -0.4 is 0 Å². The van der Waals surface area contributed by atoms with Gasteiger partial charge in [-0.2, -0.15) is 0 Å². The number of hydrogen-bond donors (Lipinski definition) is 0. The minimum absolute atomic E-state index is 0.0257. The third kappa shape index (κ3) is 5.02. The van der Waals surface area contributed by atoms with E-state index in [9.17, 15) is 4.79 Å². The molecule has 0 heterocycles. The van der Waals surface area contributed by atoms with Crippen LogP contribution in [0.1, 0.15) is 26.2 Å². The largest absolute Gasteiger partial charge is 0.498 e. The lowest BCUT2D eigenvalue weighted by Gasteiger charge is -2.23. The normalized spacial score (nSPS) is 19.2. The van der Waals surface area contributed by atoms with Crippen molar-refractivity contribution >= 4 is 5.78 Å². The molecule has 0 saturated heterocycles. The number of ether oxygens (including phenoxy) is 3. The molecule has 4 heteroatoms. The quantitative estimate of drug-likeness (QED) is 0.623. The van der Waals surface area contributed by atoms with E-state index in [1.165, 1.54) is 0 Å². The number of allylic oxidation sites excluding steroid dienone is 2. The summed E-state index contributed by atoms with van der Waals surface area (Å²) in [6, 6.07) is 0. The fourth-order valence-electron chi connectivity index (χ4n) is 1.86. The highest BCUT2D eigenvalue weighted by atomic mass is 16.5. The standard InChI is InChI=1S/C14H22O4/c1-11(15)5-4-8-18-13-7-6-12(10-16-2)14(9-13)17-3/h6-7,14H,4-5,8-10H2,1-3H3. The Bertz CT molecular complexity index is 331. The molecule has 1 rings (SSSR count). The molecule has 1 aliphatic rings. The van der Waals surface area contributed by atoms with Crippen LogP contribution in [0.5, 0.6) is 0 Å². The van der Waals surface area contributed by atoms with Gasteiger partial charge in [-0.05, 0) is 25.0 Å². The summed E-state index contributed by atoms with van der Waals surface area (Å²) in [5, 5.41) is 0. The van der Waals surface area contributed by atoms with E-state index in [2.05, 4.69) is 0 Å². The SMILES string of the molecule is COCC1=CC=C(OCCCC(C)=O)CC1OC. The lowest BCUT2D eigenvalue weighted by atomic mass is 10.0. The molecule has 0 aromatic rings. The van der Waals surface area contributed by atoms with E-state index in [4.69, 9.17) is 14.2 Å². The second kappa shape index (κ2) is 8.06. The van der Waals surface area contributed by atoms with Gasteiger partial charge >= 0.3 is 0 Å². The van der Waals surface area contributed by atoms with Crippen LogP contribution in [0.25, 0.3) is 0 Å². The van der Waals surface area contributed by atoms with Crippen molar-refractivity contribution in [3.63, 3.8) is 0 Å². The summed E-state index contributed by atoms with van der Waals surface area (Å²) < 4.78 is 16.2. The van der Waals surface area contributed by atoms with Crippen molar-refractivity contribution < 1.29 is 19.0 Å². The molecule has 0 aromatic heterocycles. The summed E-state index contributed by atoms with van der Waals surface area (Å²) in [6.07, 6.45) is 6.04. The van der Waals surface area contributed by atoms with Crippen molar-refractivity contribution in [3.05, 3.63) is 23.5 Å². The van der Waals surface area contributed by atoms with Gasteiger partial charge in [0.05, 0.1) is 25.1 Å². The van der Waals surface area contributed by atoms with Gasteiger partial charge in [0.2, 0.25) is 0 Å². The Morgan fingerprint density at radius 2 is 2.17 bits per heavy atom. The molecule has 0 fully saturated rings. The summed E-state index contributed by atoms with van der Waals surface area (Å²) >= 11 is 0. The molecule has 1 aliphatic carbocycles. The van der Waals surface area contributed by atoms with Crippen LogP contribution in [0.15, 0.2) is 23.5 Å². The number of carbonyl (C=O) groups is 1. The molecule has 1 atom stereocenters. The van der Waals surface area contributed by atoms with Gasteiger partial charge < -0.3 is 19.0 Å². The van der Waals surface area contributed by atoms with Crippen molar-refractivity contribution in [3.8, 4) is 0 Å². The van der Waals surface area contributed by atoms with E-state index in [1.807, 2.05) is 12.2 Å². The van der Waals surface area contributed by atoms with E-state index >= 15 is 0 Å². The molecule has 0 radical (unpaired) electrons. The number of hydrogen-bond acceptors (Lipinski definition) is 4. The van der Waals surface area contributed by atoms with Gasteiger partial charge in [-0.15, -0.1) is 0 Å². The molecule has 4 nitrogen and oxygen atoms in total. The van der Waals surface area contributed by atoms with Crippen LogP contribution in [0, 0.1) is 0 Å². The van der Waals surface area contributed by atoms with Crippen molar-refractivity contribution in [1.82, 2.24) is 0 Å². The van der Waals surface area contributed by atoms with Crippen LogP contribution in [0.4, 0.5) is 0 Å². The number of carbonyl (C=O) groups excluding carboxylic acids is 1. The number of ketones is 1. The number of rotatable bonds is 8. The van der Waals surface area contributed by atoms with Crippen LogP contribution in [-0.2, 0) is 19.0 Å². The average Bonchev–Trinajstić information content (AvgIpc) is 2.36. The summed E-state index contributed by atoms with van der Waals surface area (Å²) in [7, 11) is 3.36. The van der Waals surface area contributed by atoms with E-state index in [0.717, 1.165) is 24.2 Å². The highest BCUT2D eigenvalue weighted by Gasteiger charge is 2.19. The Kier molecular flexibility index (Phi) is 6.68. The van der Waals surface area contributed by atoms with Gasteiger partial charge in [0, 0.05) is 27.1 Å². The molecule has 0 aromatic carbocycles. The second-order valence-electron chi connectivity index (χ2n) is 4.39. The molecule has 0 N–H and O–H groups in total. The molecule has 0 amide bonds. The van der Waals surface area contributed by atoms with Crippen molar-refractivity contribution in [2.24, 2.45) is 0 Å². The number of Topliss-reactive ketones (excluding diaryl/α,β-unsaturated/α-hetero) is 1. The Morgan fingerprint density at radius 3 is 2.78 bits per heavy atom. The van der Waals surface area contributed by atoms with E-state index in [1.54, 1.807) is 21.1 Å². The highest BCUT2D eigenvalue weighted by molar-refractivity contribution is 5.75. The maximum Gasteiger partial charge on any atom is 0.129 e. The summed E-state index contributed by atoms with van der Waals surface area (Å²) in [5.41, 5.74) is 1.12. The van der Waals surface area contributed by atoms with Gasteiger partial charge in [0.1, 0.15) is 5.78 Å². The summed E-state index contributed by atoms with van der Waals surface area (Å²) in [4.78, 5) is 10.8.